The number of benzene rings is 2. The van der Waals surface area contributed by atoms with Crippen molar-refractivity contribution in [1.29, 1.82) is 0 Å². The van der Waals surface area contributed by atoms with Crippen molar-refractivity contribution in [3.05, 3.63) is 58.1 Å². The van der Waals surface area contributed by atoms with Gasteiger partial charge in [0.2, 0.25) is 0 Å². The zero-order valence-electron chi connectivity index (χ0n) is 21.4. The van der Waals surface area contributed by atoms with Crippen LogP contribution in [-0.4, -0.2) is 116 Å². The van der Waals surface area contributed by atoms with Crippen LogP contribution >= 0.6 is 23.2 Å². The maximum Gasteiger partial charge on any atom is 0.310 e. The predicted molar refractivity (Wildman–Crippen MR) is 142 cm³/mol. The molecule has 13 nitrogen and oxygen atoms in total. The fourth-order valence-corrected chi connectivity index (χ4v) is 4.90. The van der Waals surface area contributed by atoms with Crippen LogP contribution in [0.4, 0.5) is 11.4 Å². The molecule has 0 spiro atoms. The van der Waals surface area contributed by atoms with Crippen LogP contribution in [0, 0.1) is 0 Å². The number of anilines is 2. The molecule has 2 aliphatic rings. The number of nitrogens with one attached hydrogen (secondary N) is 1. The molecule has 8 N–H and O–H groups in total. The van der Waals surface area contributed by atoms with Crippen molar-refractivity contribution in [1.82, 2.24) is 0 Å². The van der Waals surface area contributed by atoms with Crippen LogP contribution in [0.15, 0.2) is 42.5 Å². The molecule has 2 aromatic rings. The lowest BCUT2D eigenvalue weighted by Crippen LogP contribution is -2.63. The van der Waals surface area contributed by atoms with Gasteiger partial charge in [-0.3, -0.25) is 4.79 Å². The van der Waals surface area contributed by atoms with Crippen LogP contribution in [-0.2, 0) is 30.2 Å². The summed E-state index contributed by atoms with van der Waals surface area (Å²) in [6.45, 7) is -1.27. The van der Waals surface area contributed by atoms with Crippen LogP contribution in [0.3, 0.4) is 0 Å². The lowest BCUT2D eigenvalue weighted by molar-refractivity contribution is -0.376. The summed E-state index contributed by atoms with van der Waals surface area (Å²) < 4.78 is 21.4. The Hall–Kier alpha value is -2.11. The Morgan fingerprint density at radius 3 is 1.95 bits per heavy atom. The van der Waals surface area contributed by atoms with Gasteiger partial charge in [-0.25, -0.2) is 0 Å². The van der Waals surface area contributed by atoms with Crippen LogP contribution in [0.5, 0.6) is 0 Å². The molecule has 10 atom stereocenters. The van der Waals surface area contributed by atoms with Crippen molar-refractivity contribution in [3.63, 3.8) is 0 Å². The first-order chi connectivity index (χ1) is 19.5. The van der Waals surface area contributed by atoms with Gasteiger partial charge in [0.05, 0.1) is 28.8 Å². The number of aliphatic hydroxyl groups is 7. The highest BCUT2D eigenvalue weighted by molar-refractivity contribution is 6.39. The van der Waals surface area contributed by atoms with Crippen molar-refractivity contribution in [3.8, 4) is 0 Å². The first kappa shape index (κ1) is 31.8. The summed E-state index contributed by atoms with van der Waals surface area (Å²) in [4.78, 5) is 12.7. The summed E-state index contributed by atoms with van der Waals surface area (Å²) >= 11 is 12.5. The second-order valence-corrected chi connectivity index (χ2v) is 10.4. The summed E-state index contributed by atoms with van der Waals surface area (Å²) in [5, 5.41) is 74.4. The number of carbonyl (C=O) groups excluding carboxylic acids is 1. The highest BCUT2D eigenvalue weighted by atomic mass is 35.5. The van der Waals surface area contributed by atoms with Gasteiger partial charge >= 0.3 is 5.97 Å². The Labute approximate surface area is 244 Å². The van der Waals surface area contributed by atoms with E-state index in [1.54, 1.807) is 42.5 Å². The largest absolute Gasteiger partial charge is 0.463 e. The molecule has 2 saturated heterocycles. The van der Waals surface area contributed by atoms with Gasteiger partial charge in [-0.05, 0) is 23.8 Å². The number of hydrogen-bond donors (Lipinski definition) is 8. The van der Waals surface area contributed by atoms with E-state index < -0.39 is 80.6 Å². The van der Waals surface area contributed by atoms with Gasteiger partial charge in [-0.15, -0.1) is 0 Å². The first-order valence-electron chi connectivity index (χ1n) is 12.6. The molecule has 0 aromatic heterocycles. The molecule has 0 aliphatic carbocycles. The van der Waals surface area contributed by atoms with E-state index in [4.69, 9.17) is 42.1 Å². The molecular formula is C26H31Cl2NO12. The molecule has 226 valence electrons. The SMILES string of the molecule is O=C(Cc1ccccc1Nc1c(Cl)cccc1Cl)OC[C@H]1O[C@H](O[C@H]2O[C@H](CO)[C@@H](O)[C@H](O)[C@H]2O)[C@H](O)[C@@H](O)[C@@H]1O. The Morgan fingerprint density at radius 2 is 1.34 bits per heavy atom. The molecule has 41 heavy (non-hydrogen) atoms. The molecule has 0 radical (unpaired) electrons. The lowest BCUT2D eigenvalue weighted by atomic mass is 9.98. The lowest BCUT2D eigenvalue weighted by Gasteiger charge is -2.44. The zero-order valence-corrected chi connectivity index (χ0v) is 22.9. The molecule has 2 aromatic carbocycles. The maximum atomic E-state index is 12.7. The van der Waals surface area contributed by atoms with Gasteiger partial charge in [0.15, 0.2) is 12.6 Å². The molecule has 2 aliphatic heterocycles. The van der Waals surface area contributed by atoms with Gasteiger partial charge < -0.3 is 60.0 Å². The molecule has 0 unspecified atom stereocenters. The smallest absolute Gasteiger partial charge is 0.310 e. The van der Waals surface area contributed by atoms with E-state index in [0.29, 0.717) is 27.0 Å². The average Bonchev–Trinajstić information content (AvgIpc) is 2.95. The number of halogens is 2. The third-order valence-electron chi connectivity index (χ3n) is 6.77. The zero-order chi connectivity index (χ0) is 29.8. The summed E-state index contributed by atoms with van der Waals surface area (Å²) in [5.41, 5.74) is 1.53. The van der Waals surface area contributed by atoms with Gasteiger partial charge in [0.25, 0.3) is 0 Å². The molecule has 2 heterocycles. The molecule has 0 amide bonds. The predicted octanol–water partition coefficient (Wildman–Crippen LogP) is -0.553. The van der Waals surface area contributed by atoms with Crippen molar-refractivity contribution < 1.29 is 59.5 Å². The van der Waals surface area contributed by atoms with Gasteiger partial charge in [-0.2, -0.15) is 0 Å². The minimum Gasteiger partial charge on any atom is -0.463 e. The number of esters is 1. The fourth-order valence-electron chi connectivity index (χ4n) is 4.41. The summed E-state index contributed by atoms with van der Waals surface area (Å²) in [7, 11) is 0. The standard InChI is InChI=1S/C26H31Cl2NO12/c27-12-5-3-6-13(28)18(12)29-14-7-2-1-4-11(14)8-17(31)38-10-16-20(33)22(35)24(37)26(40-16)41-25-23(36)21(34)19(32)15(9-30)39-25/h1-7,15-16,19-26,29-30,32-37H,8-10H2/t15-,16-,19-,20-,21+,22+,23-,24-,25-,26-/m1/s1. The van der Waals surface area contributed by atoms with Gasteiger partial charge in [0, 0.05) is 5.69 Å². The van der Waals surface area contributed by atoms with E-state index >= 15 is 0 Å². The Balaban J connectivity index is 1.38. The number of aliphatic hydroxyl groups excluding tert-OH is 7. The number of hydrogen-bond acceptors (Lipinski definition) is 13. The molecule has 0 saturated carbocycles. The average molecular weight is 620 g/mol. The van der Waals surface area contributed by atoms with E-state index in [9.17, 15) is 40.5 Å². The topological polar surface area (TPSA) is 208 Å². The third kappa shape index (κ3) is 7.28. The number of para-hydroxylation sites is 2. The van der Waals surface area contributed by atoms with Crippen molar-refractivity contribution >= 4 is 40.5 Å². The Kier molecular flexibility index (Phi) is 10.8. The van der Waals surface area contributed by atoms with Crippen LogP contribution in [0.25, 0.3) is 0 Å². The van der Waals surface area contributed by atoms with Crippen LogP contribution in [0.1, 0.15) is 5.56 Å². The summed E-state index contributed by atoms with van der Waals surface area (Å²) in [5.74, 6) is -0.715. The number of carbonyl (C=O) groups is 1. The monoisotopic (exact) mass is 619 g/mol. The summed E-state index contributed by atoms with van der Waals surface area (Å²) in [6.07, 6.45) is -16.8. The second kappa shape index (κ2) is 13.9. The highest BCUT2D eigenvalue weighted by Crippen LogP contribution is 2.34. The first-order valence-corrected chi connectivity index (χ1v) is 13.4. The van der Waals surface area contributed by atoms with E-state index in [-0.39, 0.29) is 6.42 Å². The quantitative estimate of drug-likeness (QED) is 0.166. The van der Waals surface area contributed by atoms with Crippen LogP contribution < -0.4 is 5.32 Å². The van der Waals surface area contributed by atoms with Crippen molar-refractivity contribution in [2.75, 3.05) is 18.5 Å². The fraction of sp³-hybridized carbons (Fsp3) is 0.500. The number of rotatable bonds is 9. The normalized spacial score (nSPS) is 33.8. The molecule has 15 heteroatoms. The van der Waals surface area contributed by atoms with E-state index in [0.717, 1.165) is 0 Å². The van der Waals surface area contributed by atoms with E-state index in [1.807, 2.05) is 0 Å². The Bertz CT molecular complexity index is 1170. The molecular weight excluding hydrogens is 589 g/mol. The third-order valence-corrected chi connectivity index (χ3v) is 7.40. The van der Waals surface area contributed by atoms with E-state index in [1.165, 1.54) is 0 Å². The summed E-state index contributed by atoms with van der Waals surface area (Å²) in [6, 6.07) is 11.9. The molecule has 2 fully saturated rings. The van der Waals surface area contributed by atoms with Gasteiger partial charge in [-0.1, -0.05) is 47.5 Å². The maximum absolute atomic E-state index is 12.7. The minimum atomic E-state index is -1.83. The minimum absolute atomic E-state index is 0.204. The highest BCUT2D eigenvalue weighted by Gasteiger charge is 2.49. The van der Waals surface area contributed by atoms with Crippen molar-refractivity contribution in [2.24, 2.45) is 0 Å². The number of ether oxygens (including phenoxy) is 4. The van der Waals surface area contributed by atoms with E-state index in [2.05, 4.69) is 5.32 Å². The van der Waals surface area contributed by atoms with Crippen LogP contribution in [0.2, 0.25) is 10.0 Å². The second-order valence-electron chi connectivity index (χ2n) is 9.59. The Morgan fingerprint density at radius 1 is 0.780 bits per heavy atom. The molecule has 4 rings (SSSR count). The van der Waals surface area contributed by atoms with Gasteiger partial charge in [0.1, 0.15) is 55.4 Å². The van der Waals surface area contributed by atoms with Crippen molar-refractivity contribution in [2.45, 2.75) is 67.8 Å². The molecule has 0 bridgehead atoms.